The van der Waals surface area contributed by atoms with Crippen LogP contribution in [0.5, 0.6) is 0 Å². The topological polar surface area (TPSA) is 62.2 Å². The summed E-state index contributed by atoms with van der Waals surface area (Å²) in [5.74, 6) is 0.944. The van der Waals surface area contributed by atoms with Gasteiger partial charge in [-0.1, -0.05) is 6.07 Å². The summed E-state index contributed by atoms with van der Waals surface area (Å²) in [4.78, 5) is 29.6. The third-order valence-electron chi connectivity index (χ3n) is 4.71. The van der Waals surface area contributed by atoms with Crippen LogP contribution in [0, 0.1) is 6.92 Å². The van der Waals surface area contributed by atoms with Crippen molar-refractivity contribution in [3.63, 3.8) is 0 Å². The van der Waals surface area contributed by atoms with Crippen LogP contribution in [0.1, 0.15) is 24.0 Å². The predicted molar refractivity (Wildman–Crippen MR) is 85.7 cm³/mol. The Labute approximate surface area is 135 Å². The lowest BCUT2D eigenvalue weighted by molar-refractivity contribution is -0.129. The van der Waals surface area contributed by atoms with Crippen LogP contribution in [0.2, 0.25) is 0 Å². The SMILES string of the molecule is Cc1cnc(N2CC[C@@H]3[C@@H]2CC(=O)N3Cc2cccnc2)nc1. The van der Waals surface area contributed by atoms with Crippen LogP contribution in [0.15, 0.2) is 36.9 Å². The van der Waals surface area contributed by atoms with Crippen molar-refractivity contribution in [2.24, 2.45) is 0 Å². The molecule has 2 aliphatic heterocycles. The van der Waals surface area contributed by atoms with Crippen LogP contribution < -0.4 is 4.90 Å². The van der Waals surface area contributed by atoms with E-state index in [1.807, 2.05) is 42.5 Å². The smallest absolute Gasteiger partial charge is 0.225 e. The molecule has 6 heteroatoms. The summed E-state index contributed by atoms with van der Waals surface area (Å²) in [5, 5.41) is 0. The van der Waals surface area contributed by atoms with Gasteiger partial charge in [-0.2, -0.15) is 0 Å². The molecule has 2 atom stereocenters. The first-order valence-corrected chi connectivity index (χ1v) is 7.96. The lowest BCUT2D eigenvalue weighted by Gasteiger charge is -2.25. The van der Waals surface area contributed by atoms with Crippen LogP contribution >= 0.6 is 0 Å². The summed E-state index contributed by atoms with van der Waals surface area (Å²) in [6.45, 7) is 3.51. The quantitative estimate of drug-likeness (QED) is 0.861. The Morgan fingerprint density at radius 2 is 2.04 bits per heavy atom. The van der Waals surface area contributed by atoms with E-state index in [2.05, 4.69) is 19.9 Å². The average Bonchev–Trinajstić information content (AvgIpc) is 3.10. The molecular weight excluding hydrogens is 290 g/mol. The number of fused-ring (bicyclic) bond motifs is 1. The van der Waals surface area contributed by atoms with E-state index in [0.717, 1.165) is 30.0 Å². The van der Waals surface area contributed by atoms with E-state index in [4.69, 9.17) is 0 Å². The van der Waals surface area contributed by atoms with Gasteiger partial charge in [-0.3, -0.25) is 9.78 Å². The summed E-state index contributed by atoms with van der Waals surface area (Å²) in [7, 11) is 0. The molecule has 4 heterocycles. The van der Waals surface area contributed by atoms with Gasteiger partial charge in [0.2, 0.25) is 11.9 Å². The Bertz CT molecular complexity index is 703. The number of carbonyl (C=O) groups excluding carboxylic acids is 1. The summed E-state index contributed by atoms with van der Waals surface area (Å²) < 4.78 is 0. The first kappa shape index (κ1) is 14.1. The fourth-order valence-electron chi connectivity index (χ4n) is 3.60. The Kier molecular flexibility index (Phi) is 3.44. The molecule has 6 nitrogen and oxygen atoms in total. The van der Waals surface area contributed by atoms with Crippen LogP contribution in [-0.4, -0.2) is 44.4 Å². The lowest BCUT2D eigenvalue weighted by atomic mass is 10.1. The molecular formula is C17H19N5O. The average molecular weight is 309 g/mol. The highest BCUT2D eigenvalue weighted by atomic mass is 16.2. The highest BCUT2D eigenvalue weighted by molar-refractivity contribution is 5.81. The van der Waals surface area contributed by atoms with E-state index >= 15 is 0 Å². The van der Waals surface area contributed by atoms with Crippen molar-refractivity contribution >= 4 is 11.9 Å². The van der Waals surface area contributed by atoms with Gasteiger partial charge in [0.15, 0.2) is 0 Å². The second-order valence-corrected chi connectivity index (χ2v) is 6.26. The number of aromatic nitrogens is 3. The van der Waals surface area contributed by atoms with Crippen molar-refractivity contribution in [1.82, 2.24) is 19.9 Å². The molecule has 23 heavy (non-hydrogen) atoms. The number of nitrogens with zero attached hydrogens (tertiary/aromatic N) is 5. The molecule has 2 aliphatic rings. The third kappa shape index (κ3) is 2.54. The molecule has 0 saturated carbocycles. The minimum Gasteiger partial charge on any atom is -0.335 e. The van der Waals surface area contributed by atoms with Gasteiger partial charge in [-0.05, 0) is 30.5 Å². The zero-order valence-electron chi connectivity index (χ0n) is 13.1. The zero-order chi connectivity index (χ0) is 15.8. The monoisotopic (exact) mass is 309 g/mol. The number of anilines is 1. The number of aryl methyl sites for hydroxylation is 1. The van der Waals surface area contributed by atoms with Crippen LogP contribution in [-0.2, 0) is 11.3 Å². The summed E-state index contributed by atoms with van der Waals surface area (Å²) in [6.07, 6.45) is 8.76. The number of pyridine rings is 1. The van der Waals surface area contributed by atoms with E-state index in [1.165, 1.54) is 0 Å². The van der Waals surface area contributed by atoms with Gasteiger partial charge < -0.3 is 9.80 Å². The minimum absolute atomic E-state index is 0.182. The van der Waals surface area contributed by atoms with Crippen molar-refractivity contribution < 1.29 is 4.79 Å². The third-order valence-corrected chi connectivity index (χ3v) is 4.71. The molecule has 0 aromatic carbocycles. The van der Waals surface area contributed by atoms with E-state index in [0.29, 0.717) is 13.0 Å². The maximum Gasteiger partial charge on any atom is 0.225 e. The standard InChI is InChI=1S/C17H19N5O/c1-12-8-19-17(20-9-12)21-6-4-14-15(21)7-16(23)22(14)11-13-3-2-5-18-10-13/h2-3,5,8-10,14-15H,4,6-7,11H2,1H3/t14-,15+/m1/s1. The molecule has 2 aromatic heterocycles. The fourth-order valence-corrected chi connectivity index (χ4v) is 3.60. The van der Waals surface area contributed by atoms with E-state index in [9.17, 15) is 4.79 Å². The molecule has 2 fully saturated rings. The molecule has 0 unspecified atom stereocenters. The van der Waals surface area contributed by atoms with E-state index in [1.54, 1.807) is 6.20 Å². The fraction of sp³-hybridized carbons (Fsp3) is 0.412. The normalized spacial score (nSPS) is 23.4. The van der Waals surface area contributed by atoms with Gasteiger partial charge in [0.25, 0.3) is 0 Å². The number of amides is 1. The molecule has 1 amide bonds. The first-order valence-electron chi connectivity index (χ1n) is 7.96. The summed E-state index contributed by atoms with van der Waals surface area (Å²) in [6, 6.07) is 4.35. The van der Waals surface area contributed by atoms with Gasteiger partial charge in [0, 0.05) is 44.3 Å². The van der Waals surface area contributed by atoms with Crippen LogP contribution in [0.4, 0.5) is 5.95 Å². The zero-order valence-corrected chi connectivity index (χ0v) is 13.1. The van der Waals surface area contributed by atoms with Gasteiger partial charge in [-0.15, -0.1) is 0 Å². The number of likely N-dealkylation sites (tertiary alicyclic amines) is 1. The molecule has 0 bridgehead atoms. The van der Waals surface area contributed by atoms with E-state index in [-0.39, 0.29) is 18.0 Å². The molecule has 2 aromatic rings. The van der Waals surface area contributed by atoms with Crippen LogP contribution in [0.3, 0.4) is 0 Å². The van der Waals surface area contributed by atoms with Crippen LogP contribution in [0.25, 0.3) is 0 Å². The predicted octanol–water partition coefficient (Wildman–Crippen LogP) is 1.56. The first-order chi connectivity index (χ1) is 11.2. The van der Waals surface area contributed by atoms with Crippen molar-refractivity contribution in [2.45, 2.75) is 38.4 Å². The molecule has 0 N–H and O–H groups in total. The molecule has 0 spiro atoms. The van der Waals surface area contributed by atoms with Gasteiger partial charge in [-0.25, -0.2) is 9.97 Å². The summed E-state index contributed by atoms with van der Waals surface area (Å²) in [5.41, 5.74) is 2.12. The molecule has 4 rings (SSSR count). The largest absolute Gasteiger partial charge is 0.335 e. The number of hydrogen-bond acceptors (Lipinski definition) is 5. The second-order valence-electron chi connectivity index (χ2n) is 6.26. The second kappa shape index (κ2) is 5.61. The Morgan fingerprint density at radius 1 is 1.22 bits per heavy atom. The highest BCUT2D eigenvalue weighted by Crippen LogP contribution is 2.35. The van der Waals surface area contributed by atoms with Gasteiger partial charge >= 0.3 is 0 Å². The Balaban J connectivity index is 1.54. The van der Waals surface area contributed by atoms with Crippen molar-refractivity contribution in [1.29, 1.82) is 0 Å². The van der Waals surface area contributed by atoms with Crippen molar-refractivity contribution in [3.05, 3.63) is 48.0 Å². The van der Waals surface area contributed by atoms with E-state index < -0.39 is 0 Å². The molecule has 118 valence electrons. The Morgan fingerprint density at radius 3 is 2.78 bits per heavy atom. The lowest BCUT2D eigenvalue weighted by Crippen LogP contribution is -2.37. The maximum absolute atomic E-state index is 12.5. The van der Waals surface area contributed by atoms with Gasteiger partial charge in [0.1, 0.15) is 0 Å². The highest BCUT2D eigenvalue weighted by Gasteiger charge is 2.47. The molecule has 0 aliphatic carbocycles. The Hall–Kier alpha value is -2.50. The molecule has 0 radical (unpaired) electrons. The van der Waals surface area contributed by atoms with Gasteiger partial charge in [0.05, 0.1) is 12.1 Å². The maximum atomic E-state index is 12.5. The number of hydrogen-bond donors (Lipinski definition) is 0. The molecule has 2 saturated heterocycles. The van der Waals surface area contributed by atoms with Crippen molar-refractivity contribution in [2.75, 3.05) is 11.4 Å². The summed E-state index contributed by atoms with van der Waals surface area (Å²) >= 11 is 0. The number of rotatable bonds is 3. The number of carbonyl (C=O) groups is 1. The minimum atomic E-state index is 0.182. The van der Waals surface area contributed by atoms with Crippen molar-refractivity contribution in [3.8, 4) is 0 Å².